The van der Waals surface area contributed by atoms with E-state index in [1.54, 1.807) is 13.8 Å². The summed E-state index contributed by atoms with van der Waals surface area (Å²) in [4.78, 5) is 106. The molecular weight excluding hydrogens is 982 g/mol. The molecule has 0 unspecified atom stereocenters. The summed E-state index contributed by atoms with van der Waals surface area (Å²) < 4.78 is 78.4. The van der Waals surface area contributed by atoms with Crippen molar-refractivity contribution >= 4 is 79.8 Å². The van der Waals surface area contributed by atoms with Crippen molar-refractivity contribution in [3.8, 4) is 5.75 Å². The highest BCUT2D eigenvalue weighted by Gasteiger charge is 2.47. The van der Waals surface area contributed by atoms with Crippen molar-refractivity contribution < 1.29 is 82.8 Å². The van der Waals surface area contributed by atoms with Crippen molar-refractivity contribution in [1.29, 1.82) is 0 Å². The van der Waals surface area contributed by atoms with E-state index in [1.165, 1.54) is 39.1 Å². The summed E-state index contributed by atoms with van der Waals surface area (Å²) in [5.41, 5.74) is 11.2. The molecule has 69 heavy (non-hydrogen) atoms. The number of piperidine rings is 1. The van der Waals surface area contributed by atoms with Crippen molar-refractivity contribution in [3.63, 3.8) is 0 Å². The zero-order valence-electron chi connectivity index (χ0n) is 38.4. The molecule has 0 radical (unpaired) electrons. The number of phenolic OH excluding ortho intramolecular Hbond substituents is 1. The summed E-state index contributed by atoms with van der Waals surface area (Å²) in [6.45, 7) is 5.65. The first kappa shape index (κ1) is 57.9. The topological polar surface area (TPSA) is 415 Å². The number of carbonyl (C=O) groups is 7. The van der Waals surface area contributed by atoms with Crippen molar-refractivity contribution in [2.45, 2.75) is 128 Å². The second kappa shape index (κ2) is 24.9. The van der Waals surface area contributed by atoms with Crippen LogP contribution >= 0.6 is 11.6 Å². The lowest BCUT2D eigenvalue weighted by molar-refractivity contribution is -0.168. The van der Waals surface area contributed by atoms with Crippen LogP contribution in [0.1, 0.15) is 72.3 Å². The Morgan fingerprint density at radius 3 is 2.20 bits per heavy atom. The molecule has 2 heterocycles. The quantitative estimate of drug-likeness (QED) is 0.0266. The van der Waals surface area contributed by atoms with Gasteiger partial charge in [-0.25, -0.2) is 13.2 Å². The number of esters is 1. The first-order valence-corrected chi connectivity index (χ1v) is 24.6. The maximum Gasteiger partial charge on any atom is 0.398 e. The summed E-state index contributed by atoms with van der Waals surface area (Å²) in [5.74, 6) is -10.2. The number of carbonyl (C=O) groups excluding carboxylic acids is 7. The minimum absolute atomic E-state index is 0.0251. The van der Waals surface area contributed by atoms with E-state index in [0.29, 0.717) is 5.56 Å². The number of aliphatic hydroxyl groups is 1. The molecule has 0 aliphatic carbocycles. The number of aliphatic hydroxyl groups excluding tert-OH is 1. The average molecular weight is 1040 g/mol. The van der Waals surface area contributed by atoms with Crippen LogP contribution in [-0.2, 0) is 73.9 Å². The molecule has 0 spiro atoms. The van der Waals surface area contributed by atoms with E-state index in [2.05, 4.69) is 29.3 Å². The number of likely N-dealkylation sites (N-methyl/N-ethyl adjacent to an activating group) is 1. The molecule has 0 aromatic heterocycles. The van der Waals surface area contributed by atoms with E-state index in [1.807, 2.05) is 5.32 Å². The van der Waals surface area contributed by atoms with Gasteiger partial charge in [-0.1, -0.05) is 51.8 Å². The van der Waals surface area contributed by atoms with Gasteiger partial charge in [-0.05, 0) is 62.1 Å². The summed E-state index contributed by atoms with van der Waals surface area (Å²) in [5, 5.41) is 30.9. The number of cyclic esters (lactones) is 1. The third-order valence-corrected chi connectivity index (χ3v) is 12.5. The van der Waals surface area contributed by atoms with Crippen molar-refractivity contribution in [3.05, 3.63) is 28.8 Å². The maximum atomic E-state index is 14.8. The maximum absolute atomic E-state index is 14.8. The van der Waals surface area contributed by atoms with Crippen LogP contribution in [0.3, 0.4) is 0 Å². The predicted octanol–water partition coefficient (Wildman–Crippen LogP) is -2.63. The number of nitrogens with zero attached hydrogens (tertiary/aromatic N) is 3. The van der Waals surface area contributed by atoms with Gasteiger partial charge in [0.1, 0.15) is 60.9 Å². The molecule has 2 aliphatic rings. The largest absolute Gasteiger partial charge is 0.506 e. The van der Waals surface area contributed by atoms with E-state index in [9.17, 15) is 65.2 Å². The van der Waals surface area contributed by atoms with Gasteiger partial charge in [0.05, 0.1) is 5.02 Å². The minimum atomic E-state index is -5.60. The lowest BCUT2D eigenvalue weighted by Crippen LogP contribution is -2.66. The normalized spacial score (nSPS) is 25.8. The van der Waals surface area contributed by atoms with Crippen LogP contribution in [-0.4, -0.2) is 168 Å². The van der Waals surface area contributed by atoms with E-state index < -0.39 is 135 Å². The summed E-state index contributed by atoms with van der Waals surface area (Å²) >= 11 is 6.20. The van der Waals surface area contributed by atoms with Crippen molar-refractivity contribution in [2.24, 2.45) is 28.3 Å². The zero-order chi connectivity index (χ0) is 52.3. The fraction of sp³-hybridized carbons (Fsp3) is 0.641. The zero-order valence-corrected chi connectivity index (χ0v) is 40.8. The monoisotopic (exact) mass is 1040 g/mol. The van der Waals surface area contributed by atoms with Gasteiger partial charge in [0.15, 0.2) is 12.1 Å². The number of aromatic hydroxyl groups is 1. The highest BCUT2D eigenvalue weighted by molar-refractivity contribution is 7.81. The number of hydrogen-bond acceptors (Lipinski definition) is 17. The number of amides is 6. The van der Waals surface area contributed by atoms with E-state index in [0.717, 1.165) is 16.7 Å². The van der Waals surface area contributed by atoms with Gasteiger partial charge < -0.3 is 57.5 Å². The van der Waals surface area contributed by atoms with Gasteiger partial charge in [0.25, 0.3) is 5.91 Å². The molecule has 0 saturated carbocycles. The third-order valence-electron chi connectivity index (χ3n) is 11.2. The molecule has 3 rings (SSSR count). The van der Waals surface area contributed by atoms with Gasteiger partial charge in [0, 0.05) is 20.0 Å². The lowest BCUT2D eigenvalue weighted by Gasteiger charge is -2.44. The Bertz CT molecular complexity index is 2320. The van der Waals surface area contributed by atoms with Crippen molar-refractivity contribution in [1.82, 2.24) is 31.1 Å². The molecule has 30 heteroatoms. The Kier molecular flexibility index (Phi) is 20.9. The fourth-order valence-corrected chi connectivity index (χ4v) is 8.29. The minimum Gasteiger partial charge on any atom is -0.506 e. The first-order chi connectivity index (χ1) is 32.0. The van der Waals surface area contributed by atoms with Crippen LogP contribution < -0.4 is 32.7 Å². The highest BCUT2D eigenvalue weighted by Crippen LogP contribution is 2.29. The summed E-state index contributed by atoms with van der Waals surface area (Å²) in [6, 6.07) is -5.86. The van der Waals surface area contributed by atoms with Gasteiger partial charge >= 0.3 is 26.8 Å². The number of aliphatic imine (C=N–C) groups is 1. The Balaban J connectivity index is 2.29. The second-order valence-corrected chi connectivity index (χ2v) is 19.3. The Morgan fingerprint density at radius 1 is 0.986 bits per heavy atom. The molecule has 12 N–H and O–H groups in total. The molecule has 1 aromatic carbocycles. The predicted molar refractivity (Wildman–Crippen MR) is 241 cm³/mol. The number of guanidine groups is 1. The number of halogens is 1. The fourth-order valence-electron chi connectivity index (χ4n) is 7.35. The smallest absolute Gasteiger partial charge is 0.398 e. The second-order valence-electron chi connectivity index (χ2n) is 16.7. The molecule has 388 valence electrons. The number of fused-ring (bicyclic) bond motifs is 2. The molecular formula is C39H60ClN9O18S2. The number of ether oxygens (including phenoxy) is 1. The van der Waals surface area contributed by atoms with E-state index >= 15 is 0 Å². The van der Waals surface area contributed by atoms with E-state index in [-0.39, 0.29) is 61.8 Å². The molecule has 2 fully saturated rings. The molecule has 2 saturated heterocycles. The Labute approximate surface area is 403 Å². The Hall–Kier alpha value is -5.43. The third kappa shape index (κ3) is 16.9. The summed E-state index contributed by atoms with van der Waals surface area (Å²) in [6.07, 6.45) is -6.80. The molecule has 10 atom stereocenters. The number of phenols is 1. The van der Waals surface area contributed by atoms with Crippen LogP contribution in [0.15, 0.2) is 23.2 Å². The van der Waals surface area contributed by atoms with E-state index in [4.69, 9.17) is 32.4 Å². The molecule has 27 nitrogen and oxygen atoms in total. The Morgan fingerprint density at radius 2 is 1.64 bits per heavy atom. The standard InChI is InChI=1S/C39H60ClN9O18S2/c1-7-19(4)31-37(57)48(6)25(16-21-10-12-26(50)22(40)15-21)33(53)46-29(18(2)3)38(58)66-20(5)30(47-34(54)27(67-69(62,63)64)17-65-68(59,60)61)35(55)44-23(9-8-14-43-39(41)42)32(52)45-24-11-13-28(51)49(31)36(24)56/h10,12,15,18-20,23-25,27-31,50-51H,7-9,11,13-14,16-17H2,1-6H3,(H,44,55)(H,45,52)(H,46,53)(H,47,54)(H4,41,42,43)(H,59,60,61)(H,62,63,64)/t19-,20+,23-,24-,25-,27+,28+,29-,30-,31-/m0/s1. The van der Waals surface area contributed by atoms with Crippen molar-refractivity contribution in [2.75, 3.05) is 20.2 Å². The number of hydrogen-bond donors (Lipinski definition) is 10. The highest BCUT2D eigenvalue weighted by atomic mass is 35.5. The van der Waals surface area contributed by atoms with Crippen LogP contribution in [0.4, 0.5) is 0 Å². The number of nitrogens with two attached hydrogens (primary N) is 2. The molecule has 1 aromatic rings. The van der Waals surface area contributed by atoms with Crippen LogP contribution in [0.2, 0.25) is 5.02 Å². The first-order valence-electron chi connectivity index (χ1n) is 21.4. The van der Waals surface area contributed by atoms with Crippen LogP contribution in [0.5, 0.6) is 5.75 Å². The van der Waals surface area contributed by atoms with Gasteiger partial charge in [-0.2, -0.15) is 16.8 Å². The van der Waals surface area contributed by atoms with Gasteiger partial charge in [-0.3, -0.25) is 42.9 Å². The molecule has 6 amide bonds. The van der Waals surface area contributed by atoms with Gasteiger partial charge in [-0.15, -0.1) is 0 Å². The number of rotatable bonds is 16. The number of benzene rings is 1. The molecule has 2 aliphatic heterocycles. The van der Waals surface area contributed by atoms with Crippen LogP contribution in [0, 0.1) is 11.8 Å². The SMILES string of the molecule is CC[C@H](C)[C@H]1C(=O)N(C)[C@@H](Cc2ccc(O)c(Cl)c2)C(=O)N[C@@H](C(C)C)C(=O)O[C@H](C)[C@H](NC(=O)[C@@H](COS(=O)(=O)O)OS(=O)(=O)O)C(=O)N[C@@H](CCCN=C(N)N)C(=O)N[C@H]2CC[C@@H](O)N1C2=O. The average Bonchev–Trinajstić information content (AvgIpc) is 3.24. The lowest BCUT2D eigenvalue weighted by atomic mass is 9.91. The number of nitrogens with one attached hydrogen (secondary N) is 4. The van der Waals surface area contributed by atoms with Gasteiger partial charge in [0.2, 0.25) is 29.5 Å². The summed E-state index contributed by atoms with van der Waals surface area (Å²) in [7, 11) is -9.73. The molecule has 2 bridgehead atoms. The van der Waals surface area contributed by atoms with Crippen LogP contribution in [0.25, 0.3) is 0 Å².